The van der Waals surface area contributed by atoms with Crippen LogP contribution in [-0.4, -0.2) is 12.6 Å². The summed E-state index contributed by atoms with van der Waals surface area (Å²) in [6.45, 7) is 3.37. The minimum absolute atomic E-state index is 0.782. The lowest BCUT2D eigenvalue weighted by Gasteiger charge is -2.40. The van der Waals surface area contributed by atoms with E-state index in [0.717, 1.165) is 17.6 Å². The lowest BCUT2D eigenvalue weighted by Crippen LogP contribution is -2.43. The molecular weight excluding hydrogens is 208 g/mol. The quantitative estimate of drug-likeness (QED) is 0.750. The lowest BCUT2D eigenvalue weighted by molar-refractivity contribution is 0.362. The summed E-state index contributed by atoms with van der Waals surface area (Å²) in [5.41, 5.74) is 9.61. The third kappa shape index (κ3) is 1.80. The normalized spacial score (nSPS) is 28.2. The first kappa shape index (κ1) is 10.9. The van der Waals surface area contributed by atoms with Crippen LogP contribution in [0.4, 0.5) is 11.4 Å². The third-order valence-electron chi connectivity index (χ3n) is 4.65. The first-order chi connectivity index (χ1) is 8.27. The number of nitrogens with zero attached hydrogens (tertiary/aromatic N) is 1. The Hall–Kier alpha value is -1.18. The smallest absolute Gasteiger partial charge is 0.0419 e. The SMILES string of the molecule is Cc1c(N)cccc1N1CCCC2CCCC21. The molecule has 1 aliphatic heterocycles. The van der Waals surface area contributed by atoms with Gasteiger partial charge in [-0.15, -0.1) is 0 Å². The van der Waals surface area contributed by atoms with Crippen LogP contribution in [0.25, 0.3) is 0 Å². The van der Waals surface area contributed by atoms with Gasteiger partial charge in [0, 0.05) is 24.0 Å². The fourth-order valence-electron chi connectivity index (χ4n) is 3.71. The van der Waals surface area contributed by atoms with E-state index in [1.54, 1.807) is 0 Å². The van der Waals surface area contributed by atoms with E-state index in [4.69, 9.17) is 5.73 Å². The predicted molar refractivity (Wildman–Crippen MR) is 73.3 cm³/mol. The molecule has 2 nitrogen and oxygen atoms in total. The van der Waals surface area contributed by atoms with Gasteiger partial charge in [0.1, 0.15) is 0 Å². The van der Waals surface area contributed by atoms with E-state index in [1.165, 1.54) is 49.9 Å². The van der Waals surface area contributed by atoms with Crippen molar-refractivity contribution in [1.82, 2.24) is 0 Å². The highest BCUT2D eigenvalue weighted by Gasteiger charge is 2.35. The number of nitrogens with two attached hydrogens (primary N) is 1. The summed E-state index contributed by atoms with van der Waals surface area (Å²) >= 11 is 0. The van der Waals surface area contributed by atoms with Crippen molar-refractivity contribution in [2.45, 2.75) is 45.1 Å². The molecule has 2 atom stereocenters. The van der Waals surface area contributed by atoms with Crippen LogP contribution in [0, 0.1) is 12.8 Å². The van der Waals surface area contributed by atoms with Crippen molar-refractivity contribution >= 4 is 11.4 Å². The molecule has 1 saturated carbocycles. The zero-order valence-electron chi connectivity index (χ0n) is 10.7. The molecular formula is C15H22N2. The molecule has 2 heteroatoms. The maximum absolute atomic E-state index is 6.04. The van der Waals surface area contributed by atoms with Crippen LogP contribution in [0.15, 0.2) is 18.2 Å². The molecule has 0 amide bonds. The summed E-state index contributed by atoms with van der Waals surface area (Å²) in [5, 5.41) is 0. The second kappa shape index (κ2) is 4.25. The van der Waals surface area contributed by atoms with E-state index in [0.29, 0.717) is 0 Å². The van der Waals surface area contributed by atoms with Gasteiger partial charge in [0.05, 0.1) is 0 Å². The Bertz CT molecular complexity index is 413. The van der Waals surface area contributed by atoms with Crippen molar-refractivity contribution in [2.75, 3.05) is 17.2 Å². The van der Waals surface area contributed by atoms with Crippen LogP contribution in [0.2, 0.25) is 0 Å². The van der Waals surface area contributed by atoms with Gasteiger partial charge in [0.15, 0.2) is 0 Å². The lowest BCUT2D eigenvalue weighted by atomic mass is 9.91. The van der Waals surface area contributed by atoms with Crippen LogP contribution in [0.5, 0.6) is 0 Å². The highest BCUT2D eigenvalue weighted by molar-refractivity contribution is 5.64. The molecule has 2 aliphatic rings. The maximum atomic E-state index is 6.04. The number of piperidine rings is 1. The Morgan fingerprint density at radius 3 is 2.88 bits per heavy atom. The highest BCUT2D eigenvalue weighted by atomic mass is 15.2. The fraction of sp³-hybridized carbons (Fsp3) is 0.600. The molecule has 2 N–H and O–H groups in total. The number of anilines is 2. The van der Waals surface area contributed by atoms with E-state index in [9.17, 15) is 0 Å². The van der Waals surface area contributed by atoms with Gasteiger partial charge < -0.3 is 10.6 Å². The summed E-state index contributed by atoms with van der Waals surface area (Å²) in [5.74, 6) is 0.935. The van der Waals surface area contributed by atoms with Gasteiger partial charge in [-0.3, -0.25) is 0 Å². The van der Waals surface area contributed by atoms with E-state index in [1.807, 2.05) is 6.07 Å². The Morgan fingerprint density at radius 2 is 2.00 bits per heavy atom. The highest BCUT2D eigenvalue weighted by Crippen LogP contribution is 2.40. The standard InChI is InChI=1S/C15H22N2/c1-11-13(16)7-3-8-14(11)17-10-4-6-12-5-2-9-15(12)17/h3,7-8,12,15H,2,4-6,9-10,16H2,1H3. The van der Waals surface area contributed by atoms with Crippen molar-refractivity contribution in [3.05, 3.63) is 23.8 Å². The topological polar surface area (TPSA) is 29.3 Å². The molecule has 0 bridgehead atoms. The maximum Gasteiger partial charge on any atom is 0.0419 e. The van der Waals surface area contributed by atoms with Crippen LogP contribution in [-0.2, 0) is 0 Å². The average molecular weight is 230 g/mol. The molecule has 1 aromatic carbocycles. The molecule has 0 radical (unpaired) electrons. The van der Waals surface area contributed by atoms with Gasteiger partial charge in [-0.25, -0.2) is 0 Å². The number of hydrogen-bond donors (Lipinski definition) is 1. The molecule has 2 unspecified atom stereocenters. The summed E-state index contributed by atoms with van der Waals surface area (Å²) in [6.07, 6.45) is 6.99. The van der Waals surface area contributed by atoms with Crippen molar-refractivity contribution in [2.24, 2.45) is 5.92 Å². The summed E-state index contributed by atoms with van der Waals surface area (Å²) in [6, 6.07) is 7.13. The average Bonchev–Trinajstić information content (AvgIpc) is 2.81. The molecule has 2 fully saturated rings. The monoisotopic (exact) mass is 230 g/mol. The zero-order chi connectivity index (χ0) is 11.8. The molecule has 92 valence electrons. The first-order valence-corrected chi connectivity index (χ1v) is 6.89. The molecule has 1 aliphatic carbocycles. The van der Waals surface area contributed by atoms with E-state index in [-0.39, 0.29) is 0 Å². The molecule has 17 heavy (non-hydrogen) atoms. The molecule has 1 saturated heterocycles. The third-order valence-corrected chi connectivity index (χ3v) is 4.65. The molecule has 1 heterocycles. The van der Waals surface area contributed by atoms with Gasteiger partial charge in [-0.05, 0) is 56.2 Å². The first-order valence-electron chi connectivity index (χ1n) is 6.89. The van der Waals surface area contributed by atoms with Crippen molar-refractivity contribution in [3.63, 3.8) is 0 Å². The van der Waals surface area contributed by atoms with Crippen LogP contribution >= 0.6 is 0 Å². The second-order valence-electron chi connectivity index (χ2n) is 5.59. The number of fused-ring (bicyclic) bond motifs is 1. The summed E-state index contributed by atoms with van der Waals surface area (Å²) in [7, 11) is 0. The van der Waals surface area contributed by atoms with E-state index < -0.39 is 0 Å². The minimum Gasteiger partial charge on any atom is -0.398 e. The van der Waals surface area contributed by atoms with Crippen molar-refractivity contribution in [3.8, 4) is 0 Å². The number of hydrogen-bond acceptors (Lipinski definition) is 2. The zero-order valence-corrected chi connectivity index (χ0v) is 10.7. The van der Waals surface area contributed by atoms with Crippen LogP contribution in [0.1, 0.15) is 37.7 Å². The van der Waals surface area contributed by atoms with Crippen LogP contribution in [0.3, 0.4) is 0 Å². The fourth-order valence-corrected chi connectivity index (χ4v) is 3.71. The number of nitrogen functional groups attached to an aromatic ring is 1. The Kier molecular flexibility index (Phi) is 2.73. The Balaban J connectivity index is 1.94. The minimum atomic E-state index is 0.782. The van der Waals surface area contributed by atoms with Crippen molar-refractivity contribution < 1.29 is 0 Å². The summed E-state index contributed by atoms with van der Waals surface area (Å²) < 4.78 is 0. The van der Waals surface area contributed by atoms with Gasteiger partial charge in [-0.1, -0.05) is 12.5 Å². The summed E-state index contributed by atoms with van der Waals surface area (Å²) in [4.78, 5) is 2.63. The predicted octanol–water partition coefficient (Wildman–Crippen LogP) is 3.35. The Labute approximate surface area is 104 Å². The molecule has 0 spiro atoms. The van der Waals surface area contributed by atoms with E-state index in [2.05, 4.69) is 24.0 Å². The van der Waals surface area contributed by atoms with Gasteiger partial charge >= 0.3 is 0 Å². The van der Waals surface area contributed by atoms with Gasteiger partial charge in [-0.2, -0.15) is 0 Å². The number of benzene rings is 1. The van der Waals surface area contributed by atoms with Gasteiger partial charge in [0.2, 0.25) is 0 Å². The molecule has 0 aromatic heterocycles. The van der Waals surface area contributed by atoms with Crippen molar-refractivity contribution in [1.29, 1.82) is 0 Å². The molecule has 1 aromatic rings. The van der Waals surface area contributed by atoms with Crippen LogP contribution < -0.4 is 10.6 Å². The van der Waals surface area contributed by atoms with E-state index >= 15 is 0 Å². The molecule has 3 rings (SSSR count). The largest absolute Gasteiger partial charge is 0.398 e. The second-order valence-corrected chi connectivity index (χ2v) is 5.59. The van der Waals surface area contributed by atoms with Gasteiger partial charge in [0.25, 0.3) is 0 Å². The Morgan fingerprint density at radius 1 is 1.18 bits per heavy atom. The number of rotatable bonds is 1.